The number of thiazole rings is 1. The summed E-state index contributed by atoms with van der Waals surface area (Å²) in [5, 5.41) is 2.44. The highest BCUT2D eigenvalue weighted by atomic mass is 32.1. The molecule has 1 aromatic rings. The molecule has 19 heavy (non-hydrogen) atoms. The molecule has 7 heteroatoms. The lowest BCUT2D eigenvalue weighted by molar-refractivity contribution is -0.137. The molecule has 1 atom stereocenters. The Labute approximate surface area is 114 Å². The Kier molecular flexibility index (Phi) is 4.17. The Hall–Kier alpha value is -0.660. The first-order valence-electron chi connectivity index (χ1n) is 6.24. The van der Waals surface area contributed by atoms with E-state index in [0.29, 0.717) is 22.8 Å². The minimum atomic E-state index is -4.38. The highest BCUT2D eigenvalue weighted by molar-refractivity contribution is 7.11. The van der Waals surface area contributed by atoms with Gasteiger partial charge in [-0.1, -0.05) is 6.92 Å². The molecule has 1 aliphatic rings. The molecule has 1 unspecified atom stereocenters. The molecule has 1 N–H and O–H groups in total. The Balaban J connectivity index is 2.27. The van der Waals surface area contributed by atoms with Gasteiger partial charge >= 0.3 is 6.18 Å². The van der Waals surface area contributed by atoms with Gasteiger partial charge in [0.25, 0.3) is 0 Å². The van der Waals surface area contributed by atoms with Crippen molar-refractivity contribution >= 4 is 11.3 Å². The van der Waals surface area contributed by atoms with Crippen LogP contribution in [0.5, 0.6) is 0 Å². The van der Waals surface area contributed by atoms with Crippen LogP contribution >= 0.6 is 11.3 Å². The lowest BCUT2D eigenvalue weighted by Gasteiger charge is -2.46. The first kappa shape index (κ1) is 14.7. The molecule has 1 aromatic heterocycles. The van der Waals surface area contributed by atoms with Gasteiger partial charge in [-0.15, -0.1) is 11.3 Å². The van der Waals surface area contributed by atoms with E-state index in [1.54, 1.807) is 7.11 Å². The first-order chi connectivity index (χ1) is 8.93. The van der Waals surface area contributed by atoms with Crippen molar-refractivity contribution in [3.05, 3.63) is 16.1 Å². The first-order valence-corrected chi connectivity index (χ1v) is 7.06. The van der Waals surface area contributed by atoms with Crippen LogP contribution in [0.4, 0.5) is 13.2 Å². The molecule has 1 heterocycles. The molecule has 1 fully saturated rings. The molecule has 0 bridgehead atoms. The summed E-state index contributed by atoms with van der Waals surface area (Å²) in [6.07, 6.45) is -0.291. The van der Waals surface area contributed by atoms with E-state index in [0.717, 1.165) is 19.3 Å². The minimum Gasteiger partial charge on any atom is -0.376 e. The molecule has 0 saturated heterocycles. The van der Waals surface area contributed by atoms with Gasteiger partial charge < -0.3 is 10.1 Å². The standard InChI is InChI=1S/C12H17F3N2OS/c1-3-16-9(11(18-2)5-4-6-11)8-7-17-10(19-8)12(13,14)15/h7,9,16H,3-6H2,1-2H3. The molecular weight excluding hydrogens is 277 g/mol. The lowest BCUT2D eigenvalue weighted by Crippen LogP contribution is -2.50. The van der Waals surface area contributed by atoms with Crippen molar-refractivity contribution in [3.63, 3.8) is 0 Å². The molecule has 108 valence electrons. The quantitative estimate of drug-likeness (QED) is 0.904. The van der Waals surface area contributed by atoms with Crippen LogP contribution in [-0.4, -0.2) is 24.2 Å². The number of rotatable bonds is 5. The normalized spacial score (nSPS) is 20.1. The van der Waals surface area contributed by atoms with Gasteiger partial charge in [-0.3, -0.25) is 0 Å². The van der Waals surface area contributed by atoms with Gasteiger partial charge in [0.05, 0.1) is 11.6 Å². The summed E-state index contributed by atoms with van der Waals surface area (Å²) in [5.41, 5.74) is -0.384. The maximum absolute atomic E-state index is 12.6. The second kappa shape index (κ2) is 5.38. The average Bonchev–Trinajstić information content (AvgIpc) is 2.75. The fourth-order valence-corrected chi connectivity index (χ4v) is 3.40. The topological polar surface area (TPSA) is 34.2 Å². The summed E-state index contributed by atoms with van der Waals surface area (Å²) < 4.78 is 43.4. The zero-order valence-corrected chi connectivity index (χ0v) is 11.7. The van der Waals surface area contributed by atoms with Gasteiger partial charge in [-0.05, 0) is 25.8 Å². The lowest BCUT2D eigenvalue weighted by atomic mass is 9.74. The number of aromatic nitrogens is 1. The average molecular weight is 294 g/mol. The maximum atomic E-state index is 12.6. The Bertz CT molecular complexity index is 423. The smallest absolute Gasteiger partial charge is 0.376 e. The summed E-state index contributed by atoms with van der Waals surface area (Å²) in [6.45, 7) is 2.61. The van der Waals surface area contributed by atoms with Crippen molar-refractivity contribution in [3.8, 4) is 0 Å². The number of halogens is 3. The van der Waals surface area contributed by atoms with E-state index in [4.69, 9.17) is 4.74 Å². The van der Waals surface area contributed by atoms with Crippen molar-refractivity contribution < 1.29 is 17.9 Å². The molecule has 0 spiro atoms. The number of hydrogen-bond donors (Lipinski definition) is 1. The van der Waals surface area contributed by atoms with Crippen LogP contribution in [0.2, 0.25) is 0 Å². The van der Waals surface area contributed by atoms with Crippen molar-refractivity contribution in [2.45, 2.75) is 44.0 Å². The highest BCUT2D eigenvalue weighted by Crippen LogP contribution is 2.47. The number of nitrogens with one attached hydrogen (secondary N) is 1. The molecule has 2 rings (SSSR count). The fourth-order valence-electron chi connectivity index (χ4n) is 2.44. The summed E-state index contributed by atoms with van der Waals surface area (Å²) in [4.78, 5) is 4.09. The van der Waals surface area contributed by atoms with E-state index in [2.05, 4.69) is 10.3 Å². The number of ether oxygens (including phenoxy) is 1. The summed E-state index contributed by atoms with van der Waals surface area (Å²) in [6, 6.07) is -0.218. The van der Waals surface area contributed by atoms with E-state index < -0.39 is 11.2 Å². The third-order valence-electron chi connectivity index (χ3n) is 3.59. The molecule has 0 amide bonds. The van der Waals surface area contributed by atoms with Gasteiger partial charge in [0.2, 0.25) is 0 Å². The number of methoxy groups -OCH3 is 1. The van der Waals surface area contributed by atoms with Gasteiger partial charge in [0.15, 0.2) is 5.01 Å². The summed E-state index contributed by atoms with van der Waals surface area (Å²) >= 11 is 0.701. The monoisotopic (exact) mass is 294 g/mol. The van der Waals surface area contributed by atoms with Crippen molar-refractivity contribution in [2.75, 3.05) is 13.7 Å². The van der Waals surface area contributed by atoms with Crippen LogP contribution in [0.15, 0.2) is 6.20 Å². The fraction of sp³-hybridized carbons (Fsp3) is 0.750. The van der Waals surface area contributed by atoms with Crippen molar-refractivity contribution in [1.82, 2.24) is 10.3 Å². The molecule has 0 aliphatic heterocycles. The Morgan fingerprint density at radius 2 is 2.21 bits per heavy atom. The van der Waals surface area contributed by atoms with Gasteiger partial charge in [0.1, 0.15) is 0 Å². The number of likely N-dealkylation sites (N-methyl/N-ethyl adjacent to an activating group) is 1. The van der Waals surface area contributed by atoms with Crippen LogP contribution in [0.25, 0.3) is 0 Å². The number of hydrogen-bond acceptors (Lipinski definition) is 4. The number of alkyl halides is 3. The SMILES string of the molecule is CCNC(c1cnc(C(F)(F)F)s1)C1(OC)CCC1. The maximum Gasteiger partial charge on any atom is 0.443 e. The van der Waals surface area contributed by atoms with E-state index in [-0.39, 0.29) is 11.6 Å². The Morgan fingerprint density at radius 3 is 2.58 bits per heavy atom. The van der Waals surface area contributed by atoms with Crippen LogP contribution < -0.4 is 5.32 Å². The molecule has 0 radical (unpaired) electrons. The predicted molar refractivity (Wildman–Crippen MR) is 67.1 cm³/mol. The van der Waals surface area contributed by atoms with Crippen LogP contribution in [-0.2, 0) is 10.9 Å². The second-order valence-electron chi connectivity index (χ2n) is 4.68. The Morgan fingerprint density at radius 1 is 1.53 bits per heavy atom. The summed E-state index contributed by atoms with van der Waals surface area (Å²) in [7, 11) is 1.62. The van der Waals surface area contributed by atoms with Gasteiger partial charge in [-0.2, -0.15) is 13.2 Å². The zero-order chi connectivity index (χ0) is 14.1. The van der Waals surface area contributed by atoms with E-state index in [9.17, 15) is 13.2 Å². The molecule has 3 nitrogen and oxygen atoms in total. The van der Waals surface area contributed by atoms with Crippen molar-refractivity contribution in [1.29, 1.82) is 0 Å². The van der Waals surface area contributed by atoms with E-state index in [1.165, 1.54) is 6.20 Å². The highest BCUT2D eigenvalue weighted by Gasteiger charge is 2.46. The summed E-state index contributed by atoms with van der Waals surface area (Å²) in [5.74, 6) is 0. The molecule has 1 aliphatic carbocycles. The van der Waals surface area contributed by atoms with Crippen LogP contribution in [0, 0.1) is 0 Å². The molecule has 0 aromatic carbocycles. The predicted octanol–water partition coefficient (Wildman–Crippen LogP) is 3.38. The van der Waals surface area contributed by atoms with Gasteiger partial charge in [-0.25, -0.2) is 4.98 Å². The van der Waals surface area contributed by atoms with E-state index >= 15 is 0 Å². The third-order valence-corrected chi connectivity index (χ3v) is 4.70. The largest absolute Gasteiger partial charge is 0.443 e. The van der Waals surface area contributed by atoms with Crippen LogP contribution in [0.3, 0.4) is 0 Å². The number of nitrogens with zero attached hydrogens (tertiary/aromatic N) is 1. The minimum absolute atomic E-state index is 0.218. The van der Waals surface area contributed by atoms with Crippen molar-refractivity contribution in [2.24, 2.45) is 0 Å². The second-order valence-corrected chi connectivity index (χ2v) is 5.74. The van der Waals surface area contributed by atoms with Gasteiger partial charge in [0, 0.05) is 18.2 Å². The van der Waals surface area contributed by atoms with E-state index in [1.807, 2.05) is 6.92 Å². The molecular formula is C12H17F3N2OS. The zero-order valence-electron chi connectivity index (χ0n) is 10.9. The third kappa shape index (κ3) is 2.78. The van der Waals surface area contributed by atoms with Crippen LogP contribution in [0.1, 0.15) is 42.1 Å². The molecule has 1 saturated carbocycles.